The smallest absolute Gasteiger partial charge is 0.254 e. The Bertz CT molecular complexity index is 308. The van der Waals surface area contributed by atoms with Gasteiger partial charge in [-0.15, -0.1) is 0 Å². The van der Waals surface area contributed by atoms with Gasteiger partial charge in [-0.2, -0.15) is 0 Å². The molecule has 1 rings (SSSR count). The molecule has 1 nitrogen and oxygen atoms in total. The van der Waals surface area contributed by atoms with E-state index in [2.05, 4.69) is 0 Å². The van der Waals surface area contributed by atoms with E-state index in [0.29, 0.717) is 10.6 Å². The van der Waals surface area contributed by atoms with Gasteiger partial charge in [0, 0.05) is 0 Å². The molecule has 0 atom stereocenters. The monoisotopic (exact) mass is 202 g/mol. The molecule has 64 valence electrons. The van der Waals surface area contributed by atoms with Gasteiger partial charge in [0.2, 0.25) is 0 Å². The van der Waals surface area contributed by atoms with Crippen LogP contribution in [0.4, 0.5) is 0 Å². The molecular formula is C9H8Cl2O. The molecule has 0 aliphatic rings. The summed E-state index contributed by atoms with van der Waals surface area (Å²) in [6.45, 7) is 3.73. The van der Waals surface area contributed by atoms with Crippen LogP contribution in [0.5, 0.6) is 0 Å². The molecule has 0 bridgehead atoms. The highest BCUT2D eigenvalue weighted by Gasteiger charge is 2.10. The van der Waals surface area contributed by atoms with E-state index in [-0.39, 0.29) is 0 Å². The number of carbonyl (C=O) groups excluding carboxylic acids is 1. The van der Waals surface area contributed by atoms with Gasteiger partial charge in [0.1, 0.15) is 0 Å². The molecule has 0 radical (unpaired) electrons. The Hall–Kier alpha value is -0.530. The Morgan fingerprint density at radius 3 is 2.33 bits per heavy atom. The van der Waals surface area contributed by atoms with Gasteiger partial charge in [0.05, 0.1) is 10.6 Å². The zero-order valence-electron chi connectivity index (χ0n) is 6.82. The summed E-state index contributed by atoms with van der Waals surface area (Å²) in [4.78, 5) is 10.9. The van der Waals surface area contributed by atoms with Crippen molar-refractivity contribution in [2.75, 3.05) is 0 Å². The van der Waals surface area contributed by atoms with Crippen molar-refractivity contribution >= 4 is 28.4 Å². The summed E-state index contributed by atoms with van der Waals surface area (Å²) in [5.41, 5.74) is 2.25. The lowest BCUT2D eigenvalue weighted by Crippen LogP contribution is -1.95. The molecule has 0 unspecified atom stereocenters. The molecule has 0 saturated carbocycles. The number of aryl methyl sites for hydroxylation is 2. The number of rotatable bonds is 1. The summed E-state index contributed by atoms with van der Waals surface area (Å²) < 4.78 is 0. The maximum absolute atomic E-state index is 10.9. The van der Waals surface area contributed by atoms with Crippen LogP contribution in [0.2, 0.25) is 5.02 Å². The maximum Gasteiger partial charge on any atom is 0.254 e. The first-order chi connectivity index (χ1) is 5.52. The number of hydrogen-bond donors (Lipinski definition) is 0. The third kappa shape index (κ3) is 1.79. The Morgan fingerprint density at radius 1 is 1.33 bits per heavy atom. The number of benzene rings is 1. The number of carbonyl (C=O) groups is 1. The maximum atomic E-state index is 10.9. The van der Waals surface area contributed by atoms with Crippen molar-refractivity contribution in [3.8, 4) is 0 Å². The van der Waals surface area contributed by atoms with E-state index in [4.69, 9.17) is 23.2 Å². The zero-order valence-corrected chi connectivity index (χ0v) is 8.33. The Morgan fingerprint density at radius 2 is 1.92 bits per heavy atom. The fourth-order valence-electron chi connectivity index (χ4n) is 1.16. The Balaban J connectivity index is 3.38. The van der Waals surface area contributed by atoms with Gasteiger partial charge in [-0.1, -0.05) is 17.7 Å². The van der Waals surface area contributed by atoms with Gasteiger partial charge in [0.15, 0.2) is 0 Å². The summed E-state index contributed by atoms with van der Waals surface area (Å²) in [6, 6.07) is 3.60. The minimum absolute atomic E-state index is 0.406. The lowest BCUT2D eigenvalue weighted by Gasteiger charge is -2.04. The van der Waals surface area contributed by atoms with Crippen molar-refractivity contribution in [3.05, 3.63) is 33.8 Å². The topological polar surface area (TPSA) is 17.1 Å². The average molecular weight is 203 g/mol. The molecule has 0 heterocycles. The van der Waals surface area contributed by atoms with Gasteiger partial charge in [0.25, 0.3) is 5.24 Å². The molecule has 0 aliphatic carbocycles. The van der Waals surface area contributed by atoms with Crippen molar-refractivity contribution < 1.29 is 4.79 Å². The van der Waals surface area contributed by atoms with Crippen molar-refractivity contribution in [3.63, 3.8) is 0 Å². The fraction of sp³-hybridized carbons (Fsp3) is 0.222. The van der Waals surface area contributed by atoms with Crippen LogP contribution in [-0.2, 0) is 0 Å². The van der Waals surface area contributed by atoms with Gasteiger partial charge >= 0.3 is 0 Å². The van der Waals surface area contributed by atoms with E-state index in [0.717, 1.165) is 11.1 Å². The van der Waals surface area contributed by atoms with E-state index in [1.165, 1.54) is 0 Å². The molecule has 0 amide bonds. The molecule has 12 heavy (non-hydrogen) atoms. The second kappa shape index (κ2) is 3.46. The minimum atomic E-state index is -0.502. The van der Waals surface area contributed by atoms with Crippen LogP contribution in [0.15, 0.2) is 12.1 Å². The highest BCUT2D eigenvalue weighted by molar-refractivity contribution is 6.69. The number of halogens is 2. The normalized spacial score (nSPS) is 10.0. The van der Waals surface area contributed by atoms with Crippen molar-refractivity contribution in [1.82, 2.24) is 0 Å². The van der Waals surface area contributed by atoms with Crippen LogP contribution in [0.25, 0.3) is 0 Å². The summed E-state index contributed by atoms with van der Waals surface area (Å²) in [7, 11) is 0. The molecular weight excluding hydrogens is 195 g/mol. The van der Waals surface area contributed by atoms with Gasteiger partial charge in [-0.25, -0.2) is 0 Å². The molecule has 0 aromatic heterocycles. The van der Waals surface area contributed by atoms with Crippen LogP contribution in [0.3, 0.4) is 0 Å². The second-order valence-corrected chi connectivity index (χ2v) is 3.46. The highest BCUT2D eigenvalue weighted by Crippen LogP contribution is 2.23. The molecule has 1 aromatic carbocycles. The van der Waals surface area contributed by atoms with Crippen LogP contribution in [0, 0.1) is 13.8 Å². The molecule has 0 aliphatic heterocycles. The van der Waals surface area contributed by atoms with Crippen molar-refractivity contribution in [2.24, 2.45) is 0 Å². The molecule has 0 spiro atoms. The molecule has 1 aromatic rings. The van der Waals surface area contributed by atoms with Gasteiger partial charge in [-0.3, -0.25) is 4.79 Å². The van der Waals surface area contributed by atoms with Gasteiger partial charge < -0.3 is 0 Å². The zero-order chi connectivity index (χ0) is 9.30. The van der Waals surface area contributed by atoms with E-state index in [1.54, 1.807) is 6.07 Å². The van der Waals surface area contributed by atoms with Crippen LogP contribution in [0.1, 0.15) is 21.5 Å². The quantitative estimate of drug-likeness (QED) is 0.639. The van der Waals surface area contributed by atoms with Crippen molar-refractivity contribution in [1.29, 1.82) is 0 Å². The second-order valence-electron chi connectivity index (χ2n) is 2.71. The third-order valence-corrected chi connectivity index (χ3v) is 2.12. The lowest BCUT2D eigenvalue weighted by atomic mass is 10.1. The van der Waals surface area contributed by atoms with Crippen molar-refractivity contribution in [2.45, 2.75) is 13.8 Å². The highest BCUT2D eigenvalue weighted by atomic mass is 35.5. The van der Waals surface area contributed by atoms with Crippen LogP contribution < -0.4 is 0 Å². The van der Waals surface area contributed by atoms with E-state index in [9.17, 15) is 4.79 Å². The summed E-state index contributed by atoms with van der Waals surface area (Å²) in [5, 5.41) is -0.0787. The summed E-state index contributed by atoms with van der Waals surface area (Å²) >= 11 is 11.2. The van der Waals surface area contributed by atoms with E-state index >= 15 is 0 Å². The molecule has 0 fully saturated rings. The first-order valence-electron chi connectivity index (χ1n) is 3.49. The van der Waals surface area contributed by atoms with Crippen LogP contribution in [-0.4, -0.2) is 5.24 Å². The molecule has 0 N–H and O–H groups in total. The first-order valence-corrected chi connectivity index (χ1v) is 4.24. The molecule has 3 heteroatoms. The average Bonchev–Trinajstić information content (AvgIpc) is 1.82. The first kappa shape index (κ1) is 9.56. The number of hydrogen-bond acceptors (Lipinski definition) is 1. The third-order valence-electron chi connectivity index (χ3n) is 1.63. The standard InChI is InChI=1S/C9H8Cl2O/c1-5-3-6(2)8(9(11)12)7(10)4-5/h3-4H,1-2H3. The van der Waals surface area contributed by atoms with Crippen LogP contribution >= 0.6 is 23.2 Å². The molecule has 0 saturated heterocycles. The SMILES string of the molecule is Cc1cc(C)c(C(=O)Cl)c(Cl)c1. The summed E-state index contributed by atoms with van der Waals surface area (Å²) in [5.74, 6) is 0. The van der Waals surface area contributed by atoms with E-state index in [1.807, 2.05) is 19.9 Å². The van der Waals surface area contributed by atoms with Gasteiger partial charge in [-0.05, 0) is 42.6 Å². The predicted molar refractivity (Wildman–Crippen MR) is 51.1 cm³/mol. The largest absolute Gasteiger partial charge is 0.276 e. The Labute approximate surface area is 81.3 Å². The van der Waals surface area contributed by atoms with E-state index < -0.39 is 5.24 Å². The fourth-order valence-corrected chi connectivity index (χ4v) is 1.87. The Kier molecular flexibility index (Phi) is 2.76. The summed E-state index contributed by atoms with van der Waals surface area (Å²) in [6.07, 6.45) is 0. The predicted octanol–water partition coefficient (Wildman–Crippen LogP) is 3.34. The lowest BCUT2D eigenvalue weighted by molar-refractivity contribution is 0.108. The minimum Gasteiger partial charge on any atom is -0.276 e.